The molecule has 0 atom stereocenters. The summed E-state index contributed by atoms with van der Waals surface area (Å²) in [6, 6.07) is 13.7. The summed E-state index contributed by atoms with van der Waals surface area (Å²) in [5.41, 5.74) is 2.63. The number of pyridine rings is 1. The summed E-state index contributed by atoms with van der Waals surface area (Å²) in [7, 11) is 0. The minimum Gasteiger partial charge on any atom is -0.352 e. The highest BCUT2D eigenvalue weighted by atomic mass is 79.9. The predicted molar refractivity (Wildman–Crippen MR) is 106 cm³/mol. The largest absolute Gasteiger partial charge is 0.352 e. The molecule has 0 saturated carbocycles. The summed E-state index contributed by atoms with van der Waals surface area (Å²) in [6.07, 6.45) is 4.11. The van der Waals surface area contributed by atoms with E-state index in [0.29, 0.717) is 17.9 Å². The number of halogens is 1. The van der Waals surface area contributed by atoms with Crippen molar-refractivity contribution in [3.63, 3.8) is 0 Å². The molecule has 0 aliphatic heterocycles. The van der Waals surface area contributed by atoms with Gasteiger partial charge in [0.1, 0.15) is 0 Å². The van der Waals surface area contributed by atoms with E-state index >= 15 is 0 Å². The molecule has 6 heteroatoms. The van der Waals surface area contributed by atoms with Crippen molar-refractivity contribution in [3.05, 3.63) is 76.2 Å². The van der Waals surface area contributed by atoms with Crippen molar-refractivity contribution in [1.29, 1.82) is 0 Å². The lowest BCUT2D eigenvalue weighted by Gasteiger charge is -2.12. The van der Waals surface area contributed by atoms with Crippen molar-refractivity contribution in [2.45, 2.75) is 26.2 Å². The Labute approximate surface area is 161 Å². The molecule has 3 aromatic rings. The molecule has 1 aromatic carbocycles. The highest BCUT2D eigenvalue weighted by molar-refractivity contribution is 9.10. The van der Waals surface area contributed by atoms with Crippen molar-refractivity contribution in [2.24, 2.45) is 0 Å². The van der Waals surface area contributed by atoms with Gasteiger partial charge in [0.05, 0.1) is 17.5 Å². The monoisotopic (exact) mass is 412 g/mol. The normalized spacial score (nSPS) is 10.9. The molecule has 5 nitrogen and oxygen atoms in total. The first-order valence-electron chi connectivity index (χ1n) is 8.59. The molecule has 0 unspecified atom stereocenters. The zero-order valence-electron chi connectivity index (χ0n) is 14.8. The molecule has 1 N–H and O–H groups in total. The molecule has 2 aromatic heterocycles. The molecule has 134 valence electrons. The van der Waals surface area contributed by atoms with Gasteiger partial charge >= 0.3 is 0 Å². The molecule has 1 amide bonds. The van der Waals surface area contributed by atoms with Gasteiger partial charge in [-0.2, -0.15) is 5.10 Å². The van der Waals surface area contributed by atoms with E-state index < -0.39 is 0 Å². The Balaban J connectivity index is 1.75. The van der Waals surface area contributed by atoms with E-state index in [1.807, 2.05) is 50.2 Å². The van der Waals surface area contributed by atoms with Crippen LogP contribution < -0.4 is 5.32 Å². The van der Waals surface area contributed by atoms with Crippen LogP contribution in [0.25, 0.3) is 5.82 Å². The van der Waals surface area contributed by atoms with Gasteiger partial charge in [-0.3, -0.25) is 4.79 Å². The van der Waals surface area contributed by atoms with Crippen LogP contribution in [0, 0.1) is 0 Å². The second-order valence-corrected chi connectivity index (χ2v) is 7.15. The van der Waals surface area contributed by atoms with E-state index in [-0.39, 0.29) is 11.8 Å². The van der Waals surface area contributed by atoms with Gasteiger partial charge in [-0.25, -0.2) is 9.67 Å². The van der Waals surface area contributed by atoms with Crippen LogP contribution in [0.1, 0.15) is 41.4 Å². The van der Waals surface area contributed by atoms with Crippen LogP contribution in [0.3, 0.4) is 0 Å². The van der Waals surface area contributed by atoms with Crippen LogP contribution in [-0.4, -0.2) is 27.2 Å². The SMILES string of the molecule is CC(C)c1c(C(=O)NCCc2ccccc2Br)cnn1-c1ccccn1. The number of hydrogen-bond acceptors (Lipinski definition) is 3. The average molecular weight is 413 g/mol. The number of nitrogens with one attached hydrogen (secondary N) is 1. The average Bonchev–Trinajstić information content (AvgIpc) is 3.09. The van der Waals surface area contributed by atoms with Gasteiger partial charge in [-0.15, -0.1) is 0 Å². The lowest BCUT2D eigenvalue weighted by Crippen LogP contribution is -2.27. The van der Waals surface area contributed by atoms with Gasteiger partial charge in [0.2, 0.25) is 0 Å². The van der Waals surface area contributed by atoms with Gasteiger partial charge in [0, 0.05) is 17.2 Å². The molecule has 0 bridgehead atoms. The van der Waals surface area contributed by atoms with Crippen molar-refractivity contribution in [2.75, 3.05) is 6.54 Å². The maximum atomic E-state index is 12.7. The molecule has 0 saturated heterocycles. The number of rotatable bonds is 6. The van der Waals surface area contributed by atoms with E-state index in [1.165, 1.54) is 5.56 Å². The Bertz CT molecular complexity index is 890. The highest BCUT2D eigenvalue weighted by Gasteiger charge is 2.21. The van der Waals surface area contributed by atoms with Crippen LogP contribution in [0.2, 0.25) is 0 Å². The quantitative estimate of drug-likeness (QED) is 0.661. The number of carbonyl (C=O) groups is 1. The summed E-state index contributed by atoms with van der Waals surface area (Å²) in [4.78, 5) is 17.0. The van der Waals surface area contributed by atoms with Gasteiger partial charge < -0.3 is 5.32 Å². The maximum absolute atomic E-state index is 12.7. The fraction of sp³-hybridized carbons (Fsp3) is 0.250. The van der Waals surface area contributed by atoms with E-state index in [2.05, 4.69) is 37.4 Å². The first-order chi connectivity index (χ1) is 12.6. The predicted octanol–water partition coefficient (Wildman–Crippen LogP) is 4.13. The number of amides is 1. The molecule has 0 radical (unpaired) electrons. The minimum absolute atomic E-state index is 0.108. The minimum atomic E-state index is -0.108. The topological polar surface area (TPSA) is 59.8 Å². The molecule has 26 heavy (non-hydrogen) atoms. The Hall–Kier alpha value is -2.47. The molecular weight excluding hydrogens is 392 g/mol. The zero-order valence-corrected chi connectivity index (χ0v) is 16.4. The number of carbonyl (C=O) groups excluding carboxylic acids is 1. The van der Waals surface area contributed by atoms with E-state index in [9.17, 15) is 4.79 Å². The highest BCUT2D eigenvalue weighted by Crippen LogP contribution is 2.22. The molecule has 3 rings (SSSR count). The lowest BCUT2D eigenvalue weighted by molar-refractivity contribution is 0.0952. The van der Waals surface area contributed by atoms with Crippen LogP contribution in [0.5, 0.6) is 0 Å². The van der Waals surface area contributed by atoms with Crippen LogP contribution in [0.4, 0.5) is 0 Å². The van der Waals surface area contributed by atoms with Crippen molar-refractivity contribution >= 4 is 21.8 Å². The number of benzene rings is 1. The van der Waals surface area contributed by atoms with Crippen LogP contribution in [0.15, 0.2) is 59.3 Å². The van der Waals surface area contributed by atoms with E-state index in [1.54, 1.807) is 17.1 Å². The van der Waals surface area contributed by atoms with Gasteiger partial charge in [0.15, 0.2) is 5.82 Å². The standard InChI is InChI=1S/C20H21BrN4O/c1-14(2)19-16(13-24-25(19)18-9-5-6-11-22-18)20(26)23-12-10-15-7-3-4-8-17(15)21/h3-9,11,13-14H,10,12H2,1-2H3,(H,23,26). The Morgan fingerprint density at radius 3 is 2.65 bits per heavy atom. The fourth-order valence-electron chi connectivity index (χ4n) is 2.86. The van der Waals surface area contributed by atoms with Crippen molar-refractivity contribution < 1.29 is 4.79 Å². The fourth-order valence-corrected chi connectivity index (χ4v) is 3.34. The number of nitrogens with zero attached hydrogens (tertiary/aromatic N) is 3. The molecule has 0 spiro atoms. The molecular formula is C20H21BrN4O. The van der Waals surface area contributed by atoms with E-state index in [0.717, 1.165) is 16.6 Å². The summed E-state index contributed by atoms with van der Waals surface area (Å²) < 4.78 is 2.80. The number of aromatic nitrogens is 3. The number of hydrogen-bond donors (Lipinski definition) is 1. The molecule has 0 fully saturated rings. The van der Waals surface area contributed by atoms with Crippen LogP contribution in [-0.2, 0) is 6.42 Å². The third-order valence-electron chi connectivity index (χ3n) is 4.10. The molecule has 0 aliphatic carbocycles. The Morgan fingerprint density at radius 2 is 1.96 bits per heavy atom. The first kappa shape index (κ1) is 18.3. The third kappa shape index (κ3) is 4.02. The zero-order chi connectivity index (χ0) is 18.5. The molecule has 2 heterocycles. The first-order valence-corrected chi connectivity index (χ1v) is 9.38. The third-order valence-corrected chi connectivity index (χ3v) is 4.88. The van der Waals surface area contributed by atoms with Gasteiger partial charge in [-0.1, -0.05) is 54.0 Å². The van der Waals surface area contributed by atoms with Crippen LogP contribution >= 0.6 is 15.9 Å². The maximum Gasteiger partial charge on any atom is 0.254 e. The van der Waals surface area contributed by atoms with Gasteiger partial charge in [0.25, 0.3) is 5.91 Å². The Morgan fingerprint density at radius 1 is 1.19 bits per heavy atom. The second kappa shape index (κ2) is 8.27. The van der Waals surface area contributed by atoms with E-state index in [4.69, 9.17) is 0 Å². The van der Waals surface area contributed by atoms with Crippen molar-refractivity contribution in [3.8, 4) is 5.82 Å². The second-order valence-electron chi connectivity index (χ2n) is 6.30. The van der Waals surface area contributed by atoms with Gasteiger partial charge in [-0.05, 0) is 36.1 Å². The Kier molecular flexibility index (Phi) is 5.83. The smallest absolute Gasteiger partial charge is 0.254 e. The summed E-state index contributed by atoms with van der Waals surface area (Å²) in [6.45, 7) is 4.66. The lowest BCUT2D eigenvalue weighted by atomic mass is 10.1. The summed E-state index contributed by atoms with van der Waals surface area (Å²) in [5.74, 6) is 0.745. The van der Waals surface area contributed by atoms with Crippen molar-refractivity contribution in [1.82, 2.24) is 20.1 Å². The molecule has 0 aliphatic rings. The summed E-state index contributed by atoms with van der Waals surface area (Å²) in [5, 5.41) is 7.40. The summed E-state index contributed by atoms with van der Waals surface area (Å²) >= 11 is 3.54.